The molecule has 1 unspecified atom stereocenters. The van der Waals surface area contributed by atoms with Crippen LogP contribution in [0.5, 0.6) is 0 Å². The van der Waals surface area contributed by atoms with E-state index in [9.17, 15) is 19.2 Å². The van der Waals surface area contributed by atoms with Gasteiger partial charge < -0.3 is 15.4 Å². The molecule has 1 heterocycles. The Morgan fingerprint density at radius 1 is 0.970 bits per heavy atom. The Kier molecular flexibility index (Phi) is 6.55. The second-order valence-electron chi connectivity index (χ2n) is 7.37. The van der Waals surface area contributed by atoms with Gasteiger partial charge in [-0.05, 0) is 37.3 Å². The molecule has 33 heavy (non-hydrogen) atoms. The number of esters is 1. The predicted molar refractivity (Wildman–Crippen MR) is 125 cm³/mol. The van der Waals surface area contributed by atoms with Crippen LogP contribution < -0.4 is 10.6 Å². The monoisotopic (exact) mass is 460 g/mol. The number of carbonyl (C=O) groups is 4. The fraction of sp³-hybridized carbons (Fsp3) is 0.120. The van der Waals surface area contributed by atoms with Crippen LogP contribution in [0.4, 0.5) is 11.4 Å². The minimum absolute atomic E-state index is 0.130. The van der Waals surface area contributed by atoms with Crippen molar-refractivity contribution in [2.75, 3.05) is 16.4 Å². The molecule has 3 aromatic rings. The molecule has 0 radical (unpaired) electrons. The molecule has 8 heteroatoms. The van der Waals surface area contributed by atoms with E-state index in [0.717, 1.165) is 4.90 Å². The lowest BCUT2D eigenvalue weighted by atomic mass is 10.1. The van der Waals surface area contributed by atoms with E-state index in [0.29, 0.717) is 28.3 Å². The molecule has 1 aliphatic rings. The van der Waals surface area contributed by atoms with Crippen molar-refractivity contribution in [1.29, 1.82) is 0 Å². The Bertz CT molecular complexity index is 1240. The van der Waals surface area contributed by atoms with E-state index in [2.05, 4.69) is 10.6 Å². The first-order valence-electron chi connectivity index (χ1n) is 10.2. The Labute approximate surface area is 194 Å². The van der Waals surface area contributed by atoms with Gasteiger partial charge in [0.1, 0.15) is 0 Å². The van der Waals surface area contributed by atoms with E-state index in [1.54, 1.807) is 66.7 Å². The molecule has 2 N–H and O–H groups in total. The summed E-state index contributed by atoms with van der Waals surface area (Å²) in [5.74, 6) is -1.22. The first-order chi connectivity index (χ1) is 15.9. The SMILES string of the molecule is CC(=O)c1cccc(NC(=O)C(OC(=O)c2ccc3c(c2)NC(=O)CS3)c2ccccc2)c1. The molecule has 166 valence electrons. The van der Waals surface area contributed by atoms with Crippen molar-refractivity contribution in [3.05, 3.63) is 89.5 Å². The fourth-order valence-electron chi connectivity index (χ4n) is 3.31. The summed E-state index contributed by atoms with van der Waals surface area (Å²) >= 11 is 1.38. The zero-order valence-electron chi connectivity index (χ0n) is 17.7. The van der Waals surface area contributed by atoms with Crippen LogP contribution in [-0.4, -0.2) is 29.3 Å². The zero-order chi connectivity index (χ0) is 23.4. The molecule has 2 amide bonds. The van der Waals surface area contributed by atoms with Crippen LogP contribution in [0.15, 0.2) is 77.7 Å². The van der Waals surface area contributed by atoms with Gasteiger partial charge in [0, 0.05) is 21.7 Å². The van der Waals surface area contributed by atoms with Gasteiger partial charge in [0.05, 0.1) is 17.0 Å². The molecule has 3 aromatic carbocycles. The fourth-order valence-corrected chi connectivity index (χ4v) is 4.10. The summed E-state index contributed by atoms with van der Waals surface area (Å²) in [6.45, 7) is 1.44. The maximum Gasteiger partial charge on any atom is 0.339 e. The van der Waals surface area contributed by atoms with Gasteiger partial charge in [-0.1, -0.05) is 42.5 Å². The van der Waals surface area contributed by atoms with Gasteiger partial charge in [-0.15, -0.1) is 11.8 Å². The summed E-state index contributed by atoms with van der Waals surface area (Å²) in [6.07, 6.45) is -1.22. The molecule has 0 aromatic heterocycles. The summed E-state index contributed by atoms with van der Waals surface area (Å²) in [6, 6.07) is 20.1. The average molecular weight is 461 g/mol. The number of hydrogen-bond donors (Lipinski definition) is 2. The molecule has 1 atom stereocenters. The number of Topliss-reactive ketones (excluding diaryl/α,β-unsaturated/α-hetero) is 1. The number of ketones is 1. The minimum atomic E-state index is -1.22. The Morgan fingerprint density at radius 2 is 1.76 bits per heavy atom. The Balaban J connectivity index is 1.58. The first kappa shape index (κ1) is 22.3. The lowest BCUT2D eigenvalue weighted by Crippen LogP contribution is -2.26. The zero-order valence-corrected chi connectivity index (χ0v) is 18.5. The normalized spacial score (nSPS) is 13.3. The number of rotatable bonds is 6. The minimum Gasteiger partial charge on any atom is -0.444 e. The van der Waals surface area contributed by atoms with Gasteiger partial charge in [-0.2, -0.15) is 0 Å². The number of amides is 2. The summed E-state index contributed by atoms with van der Waals surface area (Å²) in [5, 5.41) is 5.46. The van der Waals surface area contributed by atoms with Crippen molar-refractivity contribution in [3.63, 3.8) is 0 Å². The number of carbonyl (C=O) groups excluding carboxylic acids is 4. The van der Waals surface area contributed by atoms with Crippen molar-refractivity contribution in [2.24, 2.45) is 0 Å². The molecule has 0 saturated heterocycles. The number of thioether (sulfide) groups is 1. The van der Waals surface area contributed by atoms with Crippen molar-refractivity contribution < 1.29 is 23.9 Å². The van der Waals surface area contributed by atoms with E-state index < -0.39 is 18.0 Å². The quantitative estimate of drug-likeness (QED) is 0.416. The highest BCUT2D eigenvalue weighted by molar-refractivity contribution is 8.00. The second-order valence-corrected chi connectivity index (χ2v) is 8.39. The maximum absolute atomic E-state index is 13.1. The molecule has 0 fully saturated rings. The standard InChI is InChI=1S/C25H20N2O5S/c1-15(28)17-8-5-9-19(12-17)26-24(30)23(16-6-3-2-4-7-16)32-25(31)18-10-11-21-20(13-18)27-22(29)14-33-21/h2-13,23H,14H2,1H3,(H,26,30)(H,27,29). The summed E-state index contributed by atoms with van der Waals surface area (Å²) in [4.78, 5) is 50.2. The van der Waals surface area contributed by atoms with Gasteiger partial charge in [0.25, 0.3) is 5.91 Å². The van der Waals surface area contributed by atoms with Gasteiger partial charge in [-0.3, -0.25) is 14.4 Å². The van der Waals surface area contributed by atoms with Crippen molar-refractivity contribution >= 4 is 46.7 Å². The van der Waals surface area contributed by atoms with Crippen LogP contribution >= 0.6 is 11.8 Å². The average Bonchev–Trinajstić information content (AvgIpc) is 2.82. The summed E-state index contributed by atoms with van der Waals surface area (Å²) in [7, 11) is 0. The third-order valence-corrected chi connectivity index (χ3v) is 6.02. The maximum atomic E-state index is 13.1. The number of hydrogen-bond acceptors (Lipinski definition) is 6. The first-order valence-corrected chi connectivity index (χ1v) is 11.1. The van der Waals surface area contributed by atoms with Gasteiger partial charge in [0.15, 0.2) is 5.78 Å². The summed E-state index contributed by atoms with van der Waals surface area (Å²) in [5.41, 5.74) is 2.11. The molecule has 0 spiro atoms. The van der Waals surface area contributed by atoms with Crippen LogP contribution in [0.25, 0.3) is 0 Å². The Morgan fingerprint density at radius 3 is 2.52 bits per heavy atom. The smallest absolute Gasteiger partial charge is 0.339 e. The molecule has 1 aliphatic heterocycles. The second kappa shape index (κ2) is 9.70. The van der Waals surface area contributed by atoms with E-state index in [4.69, 9.17) is 4.74 Å². The highest BCUT2D eigenvalue weighted by Crippen LogP contribution is 2.32. The summed E-state index contributed by atoms with van der Waals surface area (Å²) < 4.78 is 5.61. The largest absolute Gasteiger partial charge is 0.444 e. The van der Waals surface area contributed by atoms with Crippen molar-refractivity contribution in [3.8, 4) is 0 Å². The highest BCUT2D eigenvalue weighted by Gasteiger charge is 2.27. The third kappa shape index (κ3) is 5.30. The van der Waals surface area contributed by atoms with Crippen LogP contribution in [0, 0.1) is 0 Å². The van der Waals surface area contributed by atoms with Crippen LogP contribution in [0.1, 0.15) is 39.3 Å². The van der Waals surface area contributed by atoms with E-state index in [-0.39, 0.29) is 17.3 Å². The van der Waals surface area contributed by atoms with Crippen molar-refractivity contribution in [2.45, 2.75) is 17.9 Å². The van der Waals surface area contributed by atoms with E-state index in [1.165, 1.54) is 24.8 Å². The van der Waals surface area contributed by atoms with Crippen LogP contribution in [-0.2, 0) is 14.3 Å². The predicted octanol–water partition coefficient (Wildman–Crippen LogP) is 4.47. The molecule has 0 bridgehead atoms. The molecule has 4 rings (SSSR count). The van der Waals surface area contributed by atoms with E-state index in [1.807, 2.05) is 0 Å². The highest BCUT2D eigenvalue weighted by atomic mass is 32.2. The topological polar surface area (TPSA) is 102 Å². The van der Waals surface area contributed by atoms with Gasteiger partial charge in [-0.25, -0.2) is 4.79 Å². The number of benzene rings is 3. The lowest BCUT2D eigenvalue weighted by molar-refractivity contribution is -0.125. The van der Waals surface area contributed by atoms with Crippen LogP contribution in [0.2, 0.25) is 0 Å². The van der Waals surface area contributed by atoms with Gasteiger partial charge >= 0.3 is 5.97 Å². The molecule has 7 nitrogen and oxygen atoms in total. The van der Waals surface area contributed by atoms with E-state index >= 15 is 0 Å². The molecular weight excluding hydrogens is 440 g/mol. The Hall–Kier alpha value is -3.91. The number of ether oxygens (including phenoxy) is 1. The number of nitrogens with one attached hydrogen (secondary N) is 2. The number of anilines is 2. The molecule has 0 saturated carbocycles. The van der Waals surface area contributed by atoms with Crippen LogP contribution in [0.3, 0.4) is 0 Å². The van der Waals surface area contributed by atoms with Gasteiger partial charge in [0.2, 0.25) is 12.0 Å². The van der Waals surface area contributed by atoms with Crippen molar-refractivity contribution in [1.82, 2.24) is 0 Å². The molecular formula is C25H20N2O5S. The number of fused-ring (bicyclic) bond motifs is 1. The lowest BCUT2D eigenvalue weighted by Gasteiger charge is -2.20. The third-order valence-electron chi connectivity index (χ3n) is 4.95. The molecule has 0 aliphatic carbocycles.